The molecule has 1 N–H and O–H groups in total. The Labute approximate surface area is 183 Å². The van der Waals surface area contributed by atoms with Gasteiger partial charge in [0, 0.05) is 44.8 Å². The molecule has 0 aliphatic carbocycles. The normalized spacial score (nSPS) is 19.0. The number of amides is 3. The molecule has 3 amide bonds. The van der Waals surface area contributed by atoms with Crippen molar-refractivity contribution in [3.05, 3.63) is 53.6 Å². The third kappa shape index (κ3) is 4.45. The van der Waals surface area contributed by atoms with E-state index in [4.69, 9.17) is 4.74 Å². The van der Waals surface area contributed by atoms with Gasteiger partial charge in [0.15, 0.2) is 0 Å². The summed E-state index contributed by atoms with van der Waals surface area (Å²) in [5, 5.41) is 3.06. The van der Waals surface area contributed by atoms with E-state index < -0.39 is 0 Å². The van der Waals surface area contributed by atoms with Crippen molar-refractivity contribution in [3.63, 3.8) is 0 Å². The van der Waals surface area contributed by atoms with Crippen molar-refractivity contribution in [3.8, 4) is 5.75 Å². The lowest BCUT2D eigenvalue weighted by atomic mass is 10.1. The highest BCUT2D eigenvalue weighted by molar-refractivity contribution is 5.97. The predicted octanol–water partition coefficient (Wildman–Crippen LogP) is 2.95. The summed E-state index contributed by atoms with van der Waals surface area (Å²) in [5.74, 6) is 0.894. The number of nitrogens with zero attached hydrogens (tertiary/aromatic N) is 3. The Morgan fingerprint density at radius 3 is 2.48 bits per heavy atom. The first-order valence-corrected chi connectivity index (χ1v) is 10.8. The van der Waals surface area contributed by atoms with E-state index in [0.29, 0.717) is 26.1 Å². The zero-order chi connectivity index (χ0) is 22.0. The molecule has 164 valence electrons. The van der Waals surface area contributed by atoms with Crippen molar-refractivity contribution in [1.82, 2.24) is 10.2 Å². The van der Waals surface area contributed by atoms with Crippen LogP contribution in [0.15, 0.2) is 42.5 Å². The topological polar surface area (TPSA) is 65.1 Å². The molecule has 0 spiro atoms. The van der Waals surface area contributed by atoms with Gasteiger partial charge in [-0.15, -0.1) is 0 Å². The molecule has 7 nitrogen and oxygen atoms in total. The molecule has 2 aromatic carbocycles. The minimum Gasteiger partial charge on any atom is -0.495 e. The van der Waals surface area contributed by atoms with Crippen LogP contribution in [-0.2, 0) is 4.79 Å². The van der Waals surface area contributed by atoms with E-state index in [0.717, 1.165) is 35.8 Å². The Bertz CT molecular complexity index is 969. The maximum atomic E-state index is 12.8. The molecule has 0 unspecified atom stereocenters. The van der Waals surface area contributed by atoms with Crippen LogP contribution in [-0.4, -0.2) is 62.7 Å². The fourth-order valence-electron chi connectivity index (χ4n) is 4.25. The average molecular weight is 423 g/mol. The number of ether oxygens (including phenoxy) is 1. The van der Waals surface area contributed by atoms with Crippen LogP contribution >= 0.6 is 0 Å². The highest BCUT2D eigenvalue weighted by atomic mass is 16.5. The van der Waals surface area contributed by atoms with Crippen LogP contribution in [0.3, 0.4) is 0 Å². The molecule has 2 saturated heterocycles. The Morgan fingerprint density at radius 2 is 1.77 bits per heavy atom. The maximum Gasteiger partial charge on any atom is 0.317 e. The predicted molar refractivity (Wildman–Crippen MR) is 122 cm³/mol. The number of piperazine rings is 1. The zero-order valence-corrected chi connectivity index (χ0v) is 18.4. The molecule has 0 radical (unpaired) electrons. The van der Waals surface area contributed by atoms with Gasteiger partial charge in [-0.05, 0) is 49.2 Å². The molecular formula is C24H30N4O3. The van der Waals surface area contributed by atoms with Crippen molar-refractivity contribution in [2.24, 2.45) is 0 Å². The second kappa shape index (κ2) is 8.88. The van der Waals surface area contributed by atoms with Gasteiger partial charge in [-0.1, -0.05) is 18.2 Å². The maximum absolute atomic E-state index is 12.8. The van der Waals surface area contributed by atoms with E-state index in [1.807, 2.05) is 54.3 Å². The van der Waals surface area contributed by atoms with Gasteiger partial charge in [-0.2, -0.15) is 0 Å². The Morgan fingerprint density at radius 1 is 1.03 bits per heavy atom. The molecule has 2 aliphatic rings. The fraction of sp³-hybridized carbons (Fsp3) is 0.417. The minimum absolute atomic E-state index is 0.0505. The molecule has 0 bridgehead atoms. The summed E-state index contributed by atoms with van der Waals surface area (Å²) in [6.45, 7) is 7.36. The molecule has 2 heterocycles. The summed E-state index contributed by atoms with van der Waals surface area (Å²) in [7, 11) is 1.67. The lowest BCUT2D eigenvalue weighted by Crippen LogP contribution is -2.54. The van der Waals surface area contributed by atoms with Crippen LogP contribution in [0.4, 0.5) is 16.2 Å². The molecular weight excluding hydrogens is 392 g/mol. The molecule has 4 rings (SSSR count). The lowest BCUT2D eigenvalue weighted by Gasteiger charge is -2.37. The summed E-state index contributed by atoms with van der Waals surface area (Å²) < 4.78 is 5.46. The number of carbonyl (C=O) groups excluding carboxylic acids is 2. The first-order valence-electron chi connectivity index (χ1n) is 10.8. The molecule has 31 heavy (non-hydrogen) atoms. The van der Waals surface area contributed by atoms with Crippen molar-refractivity contribution in [1.29, 1.82) is 0 Å². The number of hydrogen-bond donors (Lipinski definition) is 1. The Balaban J connectivity index is 1.32. The Kier molecular flexibility index (Phi) is 6.02. The number of methoxy groups -OCH3 is 1. The number of nitrogens with one attached hydrogen (secondary N) is 1. The first-order chi connectivity index (χ1) is 15.0. The summed E-state index contributed by atoms with van der Waals surface area (Å²) >= 11 is 0. The minimum atomic E-state index is -0.172. The number of urea groups is 1. The van der Waals surface area contributed by atoms with E-state index in [2.05, 4.69) is 17.1 Å². The van der Waals surface area contributed by atoms with E-state index in [9.17, 15) is 9.59 Å². The van der Waals surface area contributed by atoms with Gasteiger partial charge in [0.1, 0.15) is 5.75 Å². The van der Waals surface area contributed by atoms with Crippen LogP contribution in [0.1, 0.15) is 17.5 Å². The number of para-hydroxylation sites is 2. The highest BCUT2D eigenvalue weighted by Gasteiger charge is 2.33. The zero-order valence-electron chi connectivity index (χ0n) is 18.4. The van der Waals surface area contributed by atoms with Gasteiger partial charge in [0.05, 0.1) is 18.8 Å². The van der Waals surface area contributed by atoms with Gasteiger partial charge >= 0.3 is 6.03 Å². The van der Waals surface area contributed by atoms with Crippen LogP contribution in [0.25, 0.3) is 0 Å². The van der Waals surface area contributed by atoms with Gasteiger partial charge in [-0.3, -0.25) is 4.79 Å². The lowest BCUT2D eigenvalue weighted by molar-refractivity contribution is -0.117. The quantitative estimate of drug-likeness (QED) is 0.823. The van der Waals surface area contributed by atoms with Crippen molar-refractivity contribution < 1.29 is 14.3 Å². The van der Waals surface area contributed by atoms with Crippen LogP contribution < -0.4 is 19.9 Å². The molecule has 1 atom stereocenters. The second-order valence-corrected chi connectivity index (χ2v) is 8.27. The number of hydrogen-bond acceptors (Lipinski definition) is 4. The van der Waals surface area contributed by atoms with Gasteiger partial charge in [0.25, 0.3) is 0 Å². The molecule has 0 aromatic heterocycles. The highest BCUT2D eigenvalue weighted by Crippen LogP contribution is 2.28. The summed E-state index contributed by atoms with van der Waals surface area (Å²) in [6.07, 6.45) is 0.333. The fourth-order valence-corrected chi connectivity index (χ4v) is 4.25. The standard InChI is InChI=1S/C24H30N4O3/c1-17-8-9-20(14-18(17)2)28-16-19(15-23(28)29)25-24(30)27-12-10-26(11-13-27)21-6-4-5-7-22(21)31-3/h4-9,14,19H,10-13,15-16H2,1-3H3,(H,25,30)/t19-/m0/s1. The average Bonchev–Trinajstić information content (AvgIpc) is 3.15. The third-order valence-electron chi connectivity index (χ3n) is 6.25. The molecule has 2 fully saturated rings. The Hall–Kier alpha value is -3.22. The van der Waals surface area contributed by atoms with Gasteiger partial charge in [0.2, 0.25) is 5.91 Å². The molecule has 7 heteroatoms. The number of rotatable bonds is 4. The van der Waals surface area contributed by atoms with Crippen LogP contribution in [0.5, 0.6) is 5.75 Å². The SMILES string of the molecule is COc1ccccc1N1CCN(C(=O)N[C@H]2CC(=O)N(c3ccc(C)c(C)c3)C2)CC1. The number of benzene rings is 2. The number of aryl methyl sites for hydroxylation is 2. The van der Waals surface area contributed by atoms with Crippen molar-refractivity contribution in [2.45, 2.75) is 26.3 Å². The molecule has 2 aromatic rings. The monoisotopic (exact) mass is 422 g/mol. The summed E-state index contributed by atoms with van der Waals surface area (Å²) in [4.78, 5) is 31.2. The van der Waals surface area contributed by atoms with E-state index in [1.165, 1.54) is 5.56 Å². The molecule has 0 saturated carbocycles. The third-order valence-corrected chi connectivity index (χ3v) is 6.25. The van der Waals surface area contributed by atoms with Crippen molar-refractivity contribution in [2.75, 3.05) is 49.6 Å². The molecule has 2 aliphatic heterocycles. The van der Waals surface area contributed by atoms with E-state index in [-0.39, 0.29) is 18.0 Å². The van der Waals surface area contributed by atoms with E-state index in [1.54, 1.807) is 12.0 Å². The van der Waals surface area contributed by atoms with Crippen LogP contribution in [0.2, 0.25) is 0 Å². The smallest absolute Gasteiger partial charge is 0.317 e. The van der Waals surface area contributed by atoms with E-state index >= 15 is 0 Å². The first kappa shape index (κ1) is 21.0. The summed E-state index contributed by atoms with van der Waals surface area (Å²) in [5.41, 5.74) is 4.31. The number of anilines is 2. The van der Waals surface area contributed by atoms with Gasteiger partial charge in [-0.25, -0.2) is 4.79 Å². The number of carbonyl (C=O) groups is 2. The second-order valence-electron chi connectivity index (χ2n) is 8.27. The van der Waals surface area contributed by atoms with Crippen LogP contribution in [0, 0.1) is 13.8 Å². The van der Waals surface area contributed by atoms with Gasteiger partial charge < -0.3 is 24.8 Å². The van der Waals surface area contributed by atoms with Crippen molar-refractivity contribution >= 4 is 23.3 Å². The largest absolute Gasteiger partial charge is 0.495 e. The summed E-state index contributed by atoms with van der Waals surface area (Å²) in [6, 6.07) is 13.7.